The van der Waals surface area contributed by atoms with E-state index in [2.05, 4.69) is 15.1 Å². The van der Waals surface area contributed by atoms with Gasteiger partial charge in [-0.15, -0.1) is 0 Å². The molecule has 9 heteroatoms. The molecular weight excluding hydrogens is 431 g/mol. The molecule has 0 radical (unpaired) electrons. The number of aromatic nitrogens is 4. The fourth-order valence-electron chi connectivity index (χ4n) is 3.40. The van der Waals surface area contributed by atoms with Crippen molar-refractivity contribution in [2.45, 2.75) is 19.5 Å². The Morgan fingerprint density at radius 1 is 1.03 bits per heavy atom. The summed E-state index contributed by atoms with van der Waals surface area (Å²) in [5, 5.41) is 4.26. The van der Waals surface area contributed by atoms with Crippen LogP contribution in [0.3, 0.4) is 0 Å². The number of hydrogen-bond acceptors (Lipinski definition) is 4. The van der Waals surface area contributed by atoms with Crippen molar-refractivity contribution in [3.63, 3.8) is 0 Å². The number of nitrogens with zero attached hydrogens (tertiary/aromatic N) is 5. The molecular formula is C24H20F3N5O. The first-order valence-electron chi connectivity index (χ1n) is 10.2. The molecule has 0 aliphatic carbocycles. The number of carbonyl (C=O) groups is 1. The Kier molecular flexibility index (Phi) is 6.21. The SMILES string of the molecule is C[C@@H](Cn1cc(-c2ccc(F)c(F)c2)cn1)N(C)C(=O)c1cc(F)ccc1-c1ncccn1. The zero-order valence-corrected chi connectivity index (χ0v) is 17.9. The van der Waals surface area contributed by atoms with Crippen LogP contribution in [0.5, 0.6) is 0 Å². The van der Waals surface area contributed by atoms with Crippen molar-refractivity contribution < 1.29 is 18.0 Å². The molecule has 6 nitrogen and oxygen atoms in total. The van der Waals surface area contributed by atoms with Gasteiger partial charge in [0, 0.05) is 42.8 Å². The van der Waals surface area contributed by atoms with Gasteiger partial charge in [0.1, 0.15) is 5.82 Å². The van der Waals surface area contributed by atoms with Gasteiger partial charge in [-0.25, -0.2) is 23.1 Å². The smallest absolute Gasteiger partial charge is 0.254 e. The van der Waals surface area contributed by atoms with Crippen molar-refractivity contribution in [1.29, 1.82) is 0 Å². The van der Waals surface area contributed by atoms with E-state index in [9.17, 15) is 18.0 Å². The lowest BCUT2D eigenvalue weighted by molar-refractivity contribution is 0.0728. The maximum atomic E-state index is 14.0. The second kappa shape index (κ2) is 9.23. The summed E-state index contributed by atoms with van der Waals surface area (Å²) in [7, 11) is 1.62. The maximum absolute atomic E-state index is 14.0. The van der Waals surface area contributed by atoms with Gasteiger partial charge >= 0.3 is 0 Å². The van der Waals surface area contributed by atoms with E-state index in [0.717, 1.165) is 12.1 Å². The van der Waals surface area contributed by atoms with Gasteiger partial charge in [0.2, 0.25) is 0 Å². The molecule has 0 N–H and O–H groups in total. The van der Waals surface area contributed by atoms with E-state index in [4.69, 9.17) is 0 Å². The Bertz CT molecular complexity index is 1290. The molecule has 0 saturated heterocycles. The molecule has 2 aromatic carbocycles. The third-order valence-electron chi connectivity index (χ3n) is 5.34. The van der Waals surface area contributed by atoms with Gasteiger partial charge in [-0.05, 0) is 48.9 Å². The first kappa shape index (κ1) is 22.2. The molecule has 2 aromatic heterocycles. The van der Waals surface area contributed by atoms with E-state index in [0.29, 0.717) is 29.1 Å². The molecule has 1 atom stereocenters. The van der Waals surface area contributed by atoms with Crippen LogP contribution in [0, 0.1) is 17.5 Å². The van der Waals surface area contributed by atoms with E-state index in [1.165, 1.54) is 29.2 Å². The van der Waals surface area contributed by atoms with Crippen molar-refractivity contribution in [1.82, 2.24) is 24.6 Å². The molecule has 4 rings (SSSR count). The molecule has 2 heterocycles. The van der Waals surface area contributed by atoms with Crippen LogP contribution in [0.1, 0.15) is 17.3 Å². The molecule has 0 aliphatic rings. The summed E-state index contributed by atoms with van der Waals surface area (Å²) in [6, 6.07) is 8.89. The minimum Gasteiger partial charge on any atom is -0.337 e. The highest BCUT2D eigenvalue weighted by Gasteiger charge is 2.23. The number of amides is 1. The van der Waals surface area contributed by atoms with Crippen LogP contribution in [0.15, 0.2) is 67.3 Å². The summed E-state index contributed by atoms with van der Waals surface area (Å²) in [6.07, 6.45) is 6.33. The third kappa shape index (κ3) is 4.77. The Morgan fingerprint density at radius 3 is 2.52 bits per heavy atom. The number of hydrogen-bond donors (Lipinski definition) is 0. The van der Waals surface area contributed by atoms with E-state index in [1.807, 2.05) is 6.92 Å². The molecule has 0 fully saturated rings. The van der Waals surface area contributed by atoms with Crippen LogP contribution in [0.25, 0.3) is 22.5 Å². The van der Waals surface area contributed by atoms with Crippen LogP contribution in [0.2, 0.25) is 0 Å². The quantitative estimate of drug-likeness (QED) is 0.430. The fourth-order valence-corrected chi connectivity index (χ4v) is 3.40. The molecule has 4 aromatic rings. The average molecular weight is 451 g/mol. The Labute approximate surface area is 188 Å². The lowest BCUT2D eigenvalue weighted by Crippen LogP contribution is -2.38. The number of benzene rings is 2. The van der Waals surface area contributed by atoms with Gasteiger partial charge in [-0.1, -0.05) is 6.07 Å². The topological polar surface area (TPSA) is 63.9 Å². The minimum absolute atomic E-state index is 0.151. The summed E-state index contributed by atoms with van der Waals surface area (Å²) >= 11 is 0. The Morgan fingerprint density at radius 2 is 1.79 bits per heavy atom. The summed E-state index contributed by atoms with van der Waals surface area (Å²) in [5.74, 6) is -2.46. The normalized spacial score (nSPS) is 11.9. The zero-order chi connectivity index (χ0) is 23.5. The number of likely N-dealkylation sites (N-methyl/N-ethyl adjacent to an activating group) is 1. The van der Waals surface area contributed by atoms with Crippen LogP contribution >= 0.6 is 0 Å². The zero-order valence-electron chi connectivity index (χ0n) is 17.9. The van der Waals surface area contributed by atoms with Crippen LogP contribution in [-0.2, 0) is 6.54 Å². The summed E-state index contributed by atoms with van der Waals surface area (Å²) < 4.78 is 42.3. The Hall–Kier alpha value is -4.01. The van der Waals surface area contributed by atoms with Crippen molar-refractivity contribution in [2.24, 2.45) is 0 Å². The van der Waals surface area contributed by atoms with Crippen LogP contribution in [0.4, 0.5) is 13.2 Å². The van der Waals surface area contributed by atoms with Gasteiger partial charge in [0.15, 0.2) is 17.5 Å². The predicted octanol–water partition coefficient (Wildman–Crippen LogP) is 4.59. The van der Waals surface area contributed by atoms with Crippen LogP contribution in [-0.4, -0.2) is 43.6 Å². The van der Waals surface area contributed by atoms with E-state index >= 15 is 0 Å². The third-order valence-corrected chi connectivity index (χ3v) is 5.34. The molecule has 0 bridgehead atoms. The lowest BCUT2D eigenvalue weighted by Gasteiger charge is -2.26. The lowest BCUT2D eigenvalue weighted by atomic mass is 10.0. The fraction of sp³-hybridized carbons (Fsp3) is 0.167. The van der Waals surface area contributed by atoms with Crippen molar-refractivity contribution in [3.05, 3.63) is 90.3 Å². The summed E-state index contributed by atoms with van der Waals surface area (Å²) in [5.41, 5.74) is 1.69. The number of rotatable bonds is 6. The maximum Gasteiger partial charge on any atom is 0.254 e. The molecule has 0 aliphatic heterocycles. The molecule has 33 heavy (non-hydrogen) atoms. The highest BCUT2D eigenvalue weighted by molar-refractivity contribution is 6.00. The molecule has 168 valence electrons. The number of halogens is 3. The van der Waals surface area contributed by atoms with Gasteiger partial charge in [0.25, 0.3) is 5.91 Å². The first-order chi connectivity index (χ1) is 15.8. The van der Waals surface area contributed by atoms with Gasteiger partial charge in [0.05, 0.1) is 18.3 Å². The predicted molar refractivity (Wildman–Crippen MR) is 117 cm³/mol. The second-order valence-electron chi connectivity index (χ2n) is 7.61. The van der Waals surface area contributed by atoms with Crippen molar-refractivity contribution >= 4 is 5.91 Å². The average Bonchev–Trinajstić information content (AvgIpc) is 3.28. The Balaban J connectivity index is 1.53. The molecule has 0 saturated carbocycles. The minimum atomic E-state index is -0.938. The monoisotopic (exact) mass is 451 g/mol. The van der Waals surface area contributed by atoms with Crippen molar-refractivity contribution in [2.75, 3.05) is 7.05 Å². The van der Waals surface area contributed by atoms with Crippen molar-refractivity contribution in [3.8, 4) is 22.5 Å². The van der Waals surface area contributed by atoms with Crippen LogP contribution < -0.4 is 0 Å². The molecule has 1 amide bonds. The van der Waals surface area contributed by atoms with Gasteiger partial charge < -0.3 is 4.90 Å². The molecule has 0 unspecified atom stereocenters. The summed E-state index contributed by atoms with van der Waals surface area (Å²) in [6.45, 7) is 2.16. The first-order valence-corrected chi connectivity index (χ1v) is 10.2. The highest BCUT2D eigenvalue weighted by Crippen LogP contribution is 2.24. The van der Waals surface area contributed by atoms with E-state index in [1.54, 1.807) is 42.6 Å². The van der Waals surface area contributed by atoms with E-state index in [-0.39, 0.29) is 11.6 Å². The van der Waals surface area contributed by atoms with Gasteiger partial charge in [-0.3, -0.25) is 9.48 Å². The van der Waals surface area contributed by atoms with E-state index < -0.39 is 23.4 Å². The van der Waals surface area contributed by atoms with Gasteiger partial charge in [-0.2, -0.15) is 5.10 Å². The second-order valence-corrected chi connectivity index (χ2v) is 7.61. The molecule has 0 spiro atoms. The summed E-state index contributed by atoms with van der Waals surface area (Å²) in [4.78, 5) is 23.0. The largest absolute Gasteiger partial charge is 0.337 e. The standard InChI is InChI=1S/C24H20F3N5O/c1-15(13-32-14-17(12-30-32)16-4-7-21(26)22(27)10-16)31(2)24(33)20-11-18(25)5-6-19(20)23-28-8-3-9-29-23/h3-12,14-15H,13H2,1-2H3/t15-/m0/s1. The highest BCUT2D eigenvalue weighted by atomic mass is 19.2. The number of carbonyl (C=O) groups excluding carboxylic acids is 1.